The molecule has 2 aliphatic rings. The highest BCUT2D eigenvalue weighted by atomic mass is 16.3. The molecule has 4 atom stereocenters. The number of hydrogen-bond donors (Lipinski definition) is 1. The second-order valence-electron chi connectivity index (χ2n) is 6.39. The molecule has 0 bridgehead atoms. The van der Waals surface area contributed by atoms with E-state index in [1.165, 1.54) is 38.6 Å². The maximum Gasteiger partial charge on any atom is 0.0695 e. The van der Waals surface area contributed by atoms with Crippen LogP contribution in [0, 0.1) is 11.8 Å². The molecule has 17 heavy (non-hydrogen) atoms. The third-order valence-corrected chi connectivity index (χ3v) is 5.08. The van der Waals surface area contributed by atoms with Crippen molar-refractivity contribution in [2.45, 2.75) is 77.5 Å². The molecule has 1 heterocycles. The minimum absolute atomic E-state index is 0.0721. The van der Waals surface area contributed by atoms with Gasteiger partial charge in [-0.3, -0.25) is 4.90 Å². The van der Waals surface area contributed by atoms with Gasteiger partial charge in [0.2, 0.25) is 0 Å². The first-order valence-corrected chi connectivity index (χ1v) is 7.57. The van der Waals surface area contributed by atoms with E-state index in [0.717, 1.165) is 24.3 Å². The molecule has 0 amide bonds. The van der Waals surface area contributed by atoms with E-state index in [4.69, 9.17) is 0 Å². The van der Waals surface area contributed by atoms with Crippen molar-refractivity contribution in [3.05, 3.63) is 0 Å². The van der Waals surface area contributed by atoms with Gasteiger partial charge in [0.25, 0.3) is 0 Å². The summed E-state index contributed by atoms with van der Waals surface area (Å²) in [4.78, 5) is 2.62. The molecular formula is C15H29NO. The van der Waals surface area contributed by atoms with Crippen molar-refractivity contribution < 1.29 is 5.11 Å². The number of likely N-dealkylation sites (tertiary alicyclic amines) is 1. The molecule has 2 nitrogen and oxygen atoms in total. The van der Waals surface area contributed by atoms with E-state index in [2.05, 4.69) is 25.7 Å². The smallest absolute Gasteiger partial charge is 0.0695 e. The number of hydrogen-bond acceptors (Lipinski definition) is 2. The van der Waals surface area contributed by atoms with Gasteiger partial charge in [-0.2, -0.15) is 0 Å². The number of aliphatic hydroxyl groups is 1. The van der Waals surface area contributed by atoms with E-state index in [0.29, 0.717) is 6.04 Å². The third-order valence-electron chi connectivity index (χ3n) is 5.08. The van der Waals surface area contributed by atoms with Crippen LogP contribution in [0.25, 0.3) is 0 Å². The first-order chi connectivity index (χ1) is 8.13. The zero-order valence-electron chi connectivity index (χ0n) is 11.7. The predicted molar refractivity (Wildman–Crippen MR) is 72.0 cm³/mol. The number of rotatable bonds is 3. The Morgan fingerprint density at radius 2 is 2.00 bits per heavy atom. The van der Waals surface area contributed by atoms with Gasteiger partial charge in [-0.1, -0.05) is 20.8 Å². The maximum absolute atomic E-state index is 10.3. The Hall–Kier alpha value is -0.0800. The lowest BCUT2D eigenvalue weighted by molar-refractivity contribution is -0.0104. The van der Waals surface area contributed by atoms with Gasteiger partial charge in [0, 0.05) is 12.1 Å². The van der Waals surface area contributed by atoms with Crippen LogP contribution in [0.3, 0.4) is 0 Å². The third kappa shape index (κ3) is 2.85. The highest BCUT2D eigenvalue weighted by Gasteiger charge is 2.38. The van der Waals surface area contributed by atoms with Crippen molar-refractivity contribution in [1.29, 1.82) is 0 Å². The largest absolute Gasteiger partial charge is 0.391 e. The highest BCUT2D eigenvalue weighted by molar-refractivity contribution is 4.92. The van der Waals surface area contributed by atoms with Gasteiger partial charge in [0.1, 0.15) is 0 Å². The van der Waals surface area contributed by atoms with E-state index < -0.39 is 0 Å². The highest BCUT2D eigenvalue weighted by Crippen LogP contribution is 2.36. The predicted octanol–water partition coefficient (Wildman–Crippen LogP) is 3.05. The quantitative estimate of drug-likeness (QED) is 0.818. The van der Waals surface area contributed by atoms with E-state index in [9.17, 15) is 5.11 Å². The fourth-order valence-corrected chi connectivity index (χ4v) is 3.86. The van der Waals surface area contributed by atoms with Crippen LogP contribution in [0.1, 0.15) is 59.3 Å². The van der Waals surface area contributed by atoms with Crippen molar-refractivity contribution in [1.82, 2.24) is 4.90 Å². The second kappa shape index (κ2) is 5.71. The first-order valence-electron chi connectivity index (χ1n) is 7.57. The van der Waals surface area contributed by atoms with Gasteiger partial charge >= 0.3 is 0 Å². The summed E-state index contributed by atoms with van der Waals surface area (Å²) < 4.78 is 0. The van der Waals surface area contributed by atoms with Crippen molar-refractivity contribution in [3.8, 4) is 0 Å². The molecular weight excluding hydrogens is 210 g/mol. The Kier molecular flexibility index (Phi) is 4.48. The van der Waals surface area contributed by atoms with Gasteiger partial charge in [0.05, 0.1) is 6.10 Å². The van der Waals surface area contributed by atoms with Crippen LogP contribution >= 0.6 is 0 Å². The number of aliphatic hydroxyl groups excluding tert-OH is 1. The average Bonchev–Trinajstić information content (AvgIpc) is 2.77. The van der Waals surface area contributed by atoms with E-state index in [1.54, 1.807) is 0 Å². The summed E-state index contributed by atoms with van der Waals surface area (Å²) in [5, 5.41) is 10.3. The molecule has 0 aromatic carbocycles. The summed E-state index contributed by atoms with van der Waals surface area (Å²) in [5.74, 6) is 1.59. The first kappa shape index (κ1) is 13.4. The van der Waals surface area contributed by atoms with Crippen LogP contribution in [0.5, 0.6) is 0 Å². The Labute approximate surface area is 106 Å². The monoisotopic (exact) mass is 239 g/mol. The molecule has 2 heteroatoms. The van der Waals surface area contributed by atoms with Crippen LogP contribution in [-0.2, 0) is 0 Å². The van der Waals surface area contributed by atoms with Gasteiger partial charge in [0.15, 0.2) is 0 Å². The lowest BCUT2D eigenvalue weighted by Crippen LogP contribution is -2.49. The minimum atomic E-state index is -0.0721. The molecule has 0 aromatic rings. The summed E-state index contributed by atoms with van der Waals surface area (Å²) in [5.41, 5.74) is 0. The SMILES string of the molecule is CCC1CCCN1C1CC(C(C)C)CCC1O. The lowest BCUT2D eigenvalue weighted by atomic mass is 9.77. The zero-order valence-corrected chi connectivity index (χ0v) is 11.7. The van der Waals surface area contributed by atoms with Crippen molar-refractivity contribution in [2.75, 3.05) is 6.54 Å². The van der Waals surface area contributed by atoms with Crippen molar-refractivity contribution >= 4 is 0 Å². The molecule has 1 saturated carbocycles. The fourth-order valence-electron chi connectivity index (χ4n) is 3.86. The summed E-state index contributed by atoms with van der Waals surface area (Å²) in [6.07, 6.45) is 7.29. The van der Waals surface area contributed by atoms with Gasteiger partial charge in [-0.05, 0) is 56.9 Å². The summed E-state index contributed by atoms with van der Waals surface area (Å²) in [6, 6.07) is 1.18. The molecule has 1 N–H and O–H groups in total. The molecule has 1 aliphatic carbocycles. The summed E-state index contributed by atoms with van der Waals surface area (Å²) in [6.45, 7) is 8.17. The topological polar surface area (TPSA) is 23.5 Å². The van der Waals surface area contributed by atoms with E-state index >= 15 is 0 Å². The second-order valence-corrected chi connectivity index (χ2v) is 6.39. The molecule has 0 spiro atoms. The van der Waals surface area contributed by atoms with Crippen LogP contribution in [-0.4, -0.2) is 34.7 Å². The van der Waals surface area contributed by atoms with E-state index in [1.807, 2.05) is 0 Å². The lowest BCUT2D eigenvalue weighted by Gasteiger charge is -2.42. The normalized spacial score (nSPS) is 40.1. The van der Waals surface area contributed by atoms with Gasteiger partial charge in [-0.15, -0.1) is 0 Å². The molecule has 1 saturated heterocycles. The maximum atomic E-state index is 10.3. The fraction of sp³-hybridized carbons (Fsp3) is 1.00. The summed E-state index contributed by atoms with van der Waals surface area (Å²) in [7, 11) is 0. The summed E-state index contributed by atoms with van der Waals surface area (Å²) >= 11 is 0. The molecule has 1 aliphatic heterocycles. The van der Waals surface area contributed by atoms with E-state index in [-0.39, 0.29) is 6.10 Å². The van der Waals surface area contributed by atoms with Crippen LogP contribution < -0.4 is 0 Å². The van der Waals surface area contributed by atoms with Crippen LogP contribution in [0.4, 0.5) is 0 Å². The number of nitrogens with zero attached hydrogens (tertiary/aromatic N) is 1. The Morgan fingerprint density at radius 1 is 1.24 bits per heavy atom. The van der Waals surface area contributed by atoms with Gasteiger partial charge in [-0.25, -0.2) is 0 Å². The van der Waals surface area contributed by atoms with Crippen molar-refractivity contribution in [2.24, 2.45) is 11.8 Å². The van der Waals surface area contributed by atoms with Crippen LogP contribution in [0.15, 0.2) is 0 Å². The van der Waals surface area contributed by atoms with Gasteiger partial charge < -0.3 is 5.11 Å². The molecule has 0 radical (unpaired) electrons. The minimum Gasteiger partial charge on any atom is -0.391 e. The molecule has 0 aromatic heterocycles. The Bertz CT molecular complexity index is 241. The Balaban J connectivity index is 2.01. The molecule has 2 rings (SSSR count). The standard InChI is InChI=1S/C15H29NO/c1-4-13-6-5-9-16(13)14-10-12(11(2)3)7-8-15(14)17/h11-15,17H,4-10H2,1-3H3. The molecule has 100 valence electrons. The molecule has 2 fully saturated rings. The van der Waals surface area contributed by atoms with Crippen LogP contribution in [0.2, 0.25) is 0 Å². The van der Waals surface area contributed by atoms with Crippen molar-refractivity contribution in [3.63, 3.8) is 0 Å². The average molecular weight is 239 g/mol. The zero-order chi connectivity index (χ0) is 12.4. The Morgan fingerprint density at radius 3 is 2.65 bits per heavy atom. The molecule has 4 unspecified atom stereocenters.